The average Bonchev–Trinajstić information content (AvgIpc) is 2.68. The van der Waals surface area contributed by atoms with Crippen LogP contribution in [0.1, 0.15) is 51.4 Å². The van der Waals surface area contributed by atoms with Crippen molar-refractivity contribution in [2.75, 3.05) is 33.8 Å². The third-order valence-electron chi connectivity index (χ3n) is 4.93. The largest absolute Gasteiger partial charge is 0.377 e. The van der Waals surface area contributed by atoms with Crippen molar-refractivity contribution in [3.8, 4) is 0 Å². The standard InChI is InChI=1S/C15H30N2O/c1-17(14-7-5-3-4-6-8-14)13-15(18-2)9-11-16-12-10-15/h14,16H,3-13H2,1-2H3. The van der Waals surface area contributed by atoms with Gasteiger partial charge in [0.15, 0.2) is 0 Å². The number of nitrogens with one attached hydrogen (secondary N) is 1. The Balaban J connectivity index is 1.89. The van der Waals surface area contributed by atoms with Gasteiger partial charge < -0.3 is 15.0 Å². The van der Waals surface area contributed by atoms with E-state index in [9.17, 15) is 0 Å². The van der Waals surface area contributed by atoms with Crippen LogP contribution in [0.3, 0.4) is 0 Å². The first-order valence-corrected chi connectivity index (χ1v) is 7.72. The summed E-state index contributed by atoms with van der Waals surface area (Å²) in [6.07, 6.45) is 10.8. The first-order valence-electron chi connectivity index (χ1n) is 7.72. The summed E-state index contributed by atoms with van der Waals surface area (Å²) >= 11 is 0. The van der Waals surface area contributed by atoms with Gasteiger partial charge in [-0.25, -0.2) is 0 Å². The Hall–Kier alpha value is -0.120. The van der Waals surface area contributed by atoms with Crippen LogP contribution in [0.2, 0.25) is 0 Å². The number of hydrogen-bond donors (Lipinski definition) is 1. The Morgan fingerprint density at radius 1 is 1.11 bits per heavy atom. The molecule has 0 aromatic rings. The second kappa shape index (κ2) is 6.88. The summed E-state index contributed by atoms with van der Waals surface area (Å²) in [6.45, 7) is 3.31. The van der Waals surface area contributed by atoms with E-state index in [0.29, 0.717) is 0 Å². The molecule has 1 N–H and O–H groups in total. The van der Waals surface area contributed by atoms with Crippen LogP contribution in [-0.4, -0.2) is 50.3 Å². The number of ether oxygens (including phenoxy) is 1. The lowest BCUT2D eigenvalue weighted by atomic mass is 9.90. The van der Waals surface area contributed by atoms with E-state index in [1.807, 2.05) is 7.11 Å². The maximum absolute atomic E-state index is 5.89. The molecule has 0 unspecified atom stereocenters. The lowest BCUT2D eigenvalue weighted by Gasteiger charge is -2.41. The third-order valence-corrected chi connectivity index (χ3v) is 4.93. The molecule has 2 fully saturated rings. The molecule has 18 heavy (non-hydrogen) atoms. The minimum Gasteiger partial charge on any atom is -0.377 e. The summed E-state index contributed by atoms with van der Waals surface area (Å²) in [6, 6.07) is 0.786. The Bertz CT molecular complexity index is 231. The van der Waals surface area contributed by atoms with E-state index in [4.69, 9.17) is 4.74 Å². The van der Waals surface area contributed by atoms with E-state index in [1.165, 1.54) is 38.5 Å². The normalized spacial score (nSPS) is 26.2. The van der Waals surface area contributed by atoms with E-state index in [1.54, 1.807) is 0 Å². The molecular formula is C15H30N2O. The highest BCUT2D eigenvalue weighted by atomic mass is 16.5. The molecule has 0 aromatic carbocycles. The minimum absolute atomic E-state index is 0.103. The zero-order valence-electron chi connectivity index (χ0n) is 12.2. The van der Waals surface area contributed by atoms with Crippen LogP contribution in [0.5, 0.6) is 0 Å². The summed E-state index contributed by atoms with van der Waals surface area (Å²) in [4.78, 5) is 2.58. The van der Waals surface area contributed by atoms with Crippen molar-refractivity contribution in [2.24, 2.45) is 0 Å². The summed E-state index contributed by atoms with van der Waals surface area (Å²) in [5.41, 5.74) is 0.103. The van der Waals surface area contributed by atoms with E-state index >= 15 is 0 Å². The minimum atomic E-state index is 0.103. The van der Waals surface area contributed by atoms with Crippen LogP contribution in [0.15, 0.2) is 0 Å². The molecule has 1 saturated carbocycles. The molecular weight excluding hydrogens is 224 g/mol. The topological polar surface area (TPSA) is 24.5 Å². The van der Waals surface area contributed by atoms with Crippen LogP contribution < -0.4 is 5.32 Å². The van der Waals surface area contributed by atoms with Crippen LogP contribution in [0.4, 0.5) is 0 Å². The highest BCUT2D eigenvalue weighted by molar-refractivity contribution is 4.90. The fraction of sp³-hybridized carbons (Fsp3) is 1.00. The van der Waals surface area contributed by atoms with Gasteiger partial charge in [0.25, 0.3) is 0 Å². The quantitative estimate of drug-likeness (QED) is 0.780. The number of piperidine rings is 1. The highest BCUT2D eigenvalue weighted by Crippen LogP contribution is 2.27. The van der Waals surface area contributed by atoms with E-state index < -0.39 is 0 Å². The molecule has 0 spiro atoms. The van der Waals surface area contributed by atoms with E-state index in [-0.39, 0.29) is 5.60 Å². The van der Waals surface area contributed by atoms with Crippen molar-refractivity contribution in [1.82, 2.24) is 10.2 Å². The van der Waals surface area contributed by atoms with Crippen LogP contribution >= 0.6 is 0 Å². The average molecular weight is 254 g/mol. The Kier molecular flexibility index (Phi) is 5.46. The second-order valence-corrected chi connectivity index (χ2v) is 6.20. The van der Waals surface area contributed by atoms with Crippen molar-refractivity contribution < 1.29 is 4.74 Å². The number of rotatable bonds is 4. The summed E-state index contributed by atoms with van der Waals surface area (Å²) in [7, 11) is 4.20. The third kappa shape index (κ3) is 3.69. The van der Waals surface area contributed by atoms with Crippen molar-refractivity contribution in [3.63, 3.8) is 0 Å². The fourth-order valence-electron chi connectivity index (χ4n) is 3.59. The van der Waals surface area contributed by atoms with Gasteiger partial charge in [-0.3, -0.25) is 0 Å². The monoisotopic (exact) mass is 254 g/mol. The zero-order valence-corrected chi connectivity index (χ0v) is 12.2. The smallest absolute Gasteiger partial charge is 0.0829 e. The second-order valence-electron chi connectivity index (χ2n) is 6.20. The molecule has 0 bridgehead atoms. The lowest BCUT2D eigenvalue weighted by Crippen LogP contribution is -2.52. The molecule has 0 amide bonds. The van der Waals surface area contributed by atoms with Crippen LogP contribution in [0.25, 0.3) is 0 Å². The maximum atomic E-state index is 5.89. The SMILES string of the molecule is COC1(CN(C)C2CCCCCC2)CCNCC1. The van der Waals surface area contributed by atoms with Gasteiger partial charge in [0.05, 0.1) is 5.60 Å². The first-order chi connectivity index (χ1) is 8.76. The molecule has 1 aliphatic carbocycles. The Labute approximate surface area is 112 Å². The van der Waals surface area contributed by atoms with Gasteiger partial charge in [0, 0.05) is 19.7 Å². The molecule has 1 saturated heterocycles. The maximum Gasteiger partial charge on any atom is 0.0829 e. The van der Waals surface area contributed by atoms with Crippen molar-refractivity contribution in [3.05, 3.63) is 0 Å². The molecule has 1 heterocycles. The van der Waals surface area contributed by atoms with E-state index in [2.05, 4.69) is 17.3 Å². The summed E-state index contributed by atoms with van der Waals surface area (Å²) in [5, 5.41) is 3.44. The molecule has 1 aliphatic heterocycles. The van der Waals surface area contributed by atoms with Gasteiger partial charge >= 0.3 is 0 Å². The number of nitrogens with zero attached hydrogens (tertiary/aromatic N) is 1. The van der Waals surface area contributed by atoms with Gasteiger partial charge in [-0.05, 0) is 45.8 Å². The Morgan fingerprint density at radius 3 is 2.28 bits per heavy atom. The molecule has 0 radical (unpaired) electrons. The molecule has 3 nitrogen and oxygen atoms in total. The fourth-order valence-corrected chi connectivity index (χ4v) is 3.59. The van der Waals surface area contributed by atoms with Crippen LogP contribution in [-0.2, 0) is 4.74 Å². The van der Waals surface area contributed by atoms with Crippen LogP contribution in [0, 0.1) is 0 Å². The number of methoxy groups -OCH3 is 1. The number of hydrogen-bond acceptors (Lipinski definition) is 3. The highest BCUT2D eigenvalue weighted by Gasteiger charge is 2.34. The van der Waals surface area contributed by atoms with E-state index in [0.717, 1.165) is 38.5 Å². The molecule has 3 heteroatoms. The summed E-state index contributed by atoms with van der Waals surface area (Å²) in [5.74, 6) is 0. The summed E-state index contributed by atoms with van der Waals surface area (Å²) < 4.78 is 5.89. The molecule has 0 aromatic heterocycles. The Morgan fingerprint density at radius 2 is 1.72 bits per heavy atom. The zero-order chi connectivity index (χ0) is 12.8. The molecule has 0 atom stereocenters. The predicted octanol–water partition coefficient (Wildman–Crippen LogP) is 2.41. The van der Waals surface area contributed by atoms with Gasteiger partial charge in [0.1, 0.15) is 0 Å². The first kappa shape index (κ1) is 14.3. The molecule has 106 valence electrons. The molecule has 2 rings (SSSR count). The number of likely N-dealkylation sites (N-methyl/N-ethyl adjacent to an activating group) is 1. The van der Waals surface area contributed by atoms with Gasteiger partial charge in [0.2, 0.25) is 0 Å². The van der Waals surface area contributed by atoms with Crippen molar-refractivity contribution >= 4 is 0 Å². The van der Waals surface area contributed by atoms with Gasteiger partial charge in [-0.1, -0.05) is 25.7 Å². The van der Waals surface area contributed by atoms with Crippen molar-refractivity contribution in [2.45, 2.75) is 63.0 Å². The lowest BCUT2D eigenvalue weighted by molar-refractivity contribution is -0.0602. The molecule has 2 aliphatic rings. The predicted molar refractivity (Wildman–Crippen MR) is 76.0 cm³/mol. The van der Waals surface area contributed by atoms with Gasteiger partial charge in [-0.15, -0.1) is 0 Å². The van der Waals surface area contributed by atoms with Gasteiger partial charge in [-0.2, -0.15) is 0 Å². The van der Waals surface area contributed by atoms with Crippen molar-refractivity contribution in [1.29, 1.82) is 0 Å².